The lowest BCUT2D eigenvalue weighted by Crippen LogP contribution is -2.57. The highest BCUT2D eigenvalue weighted by Crippen LogP contribution is 2.41. The van der Waals surface area contributed by atoms with Gasteiger partial charge in [-0.1, -0.05) is 55.4 Å². The number of carbonyl (C=O) groups is 4. The van der Waals surface area contributed by atoms with Gasteiger partial charge in [0.05, 0.1) is 42.0 Å². The van der Waals surface area contributed by atoms with E-state index in [0.717, 1.165) is 51.9 Å². The summed E-state index contributed by atoms with van der Waals surface area (Å²) in [6, 6.07) is 17.4. The fraction of sp³-hybridized carbons (Fsp3) is 0.644. The predicted molar refractivity (Wildman–Crippen MR) is 223 cm³/mol. The van der Waals surface area contributed by atoms with E-state index in [1.807, 2.05) is 26.0 Å². The Morgan fingerprint density at radius 3 is 2.05 bits per heavy atom. The molecule has 0 bridgehead atoms. The van der Waals surface area contributed by atoms with Crippen molar-refractivity contribution < 1.29 is 42.9 Å². The molecular formula is C45H62N6O9. The van der Waals surface area contributed by atoms with Crippen LogP contribution in [0.25, 0.3) is 10.4 Å². The van der Waals surface area contributed by atoms with Crippen molar-refractivity contribution in [3.8, 4) is 0 Å². The largest absolute Gasteiger partial charge is 0.459 e. The summed E-state index contributed by atoms with van der Waals surface area (Å²) in [4.78, 5) is 62.8. The van der Waals surface area contributed by atoms with Gasteiger partial charge in [0.1, 0.15) is 12.4 Å². The van der Waals surface area contributed by atoms with E-state index in [1.54, 1.807) is 48.5 Å². The number of nitrogens with one attached hydrogen (secondary N) is 1. The quantitative estimate of drug-likeness (QED) is 0.0722. The number of likely N-dealkylation sites (tertiary alicyclic amines) is 2. The maximum absolute atomic E-state index is 14.4. The molecule has 1 aliphatic carbocycles. The van der Waals surface area contributed by atoms with Crippen LogP contribution in [0.5, 0.6) is 0 Å². The van der Waals surface area contributed by atoms with Crippen LogP contribution in [0.1, 0.15) is 79.5 Å². The van der Waals surface area contributed by atoms with Gasteiger partial charge in [-0.2, -0.15) is 0 Å². The normalized spacial score (nSPS) is 29.5. The van der Waals surface area contributed by atoms with Crippen LogP contribution in [0.3, 0.4) is 0 Å². The van der Waals surface area contributed by atoms with Crippen LogP contribution in [0.4, 0.5) is 0 Å². The summed E-state index contributed by atoms with van der Waals surface area (Å²) in [5, 5.41) is 6.95. The summed E-state index contributed by atoms with van der Waals surface area (Å²) in [5.41, 5.74) is 9.77. The number of hydrogen-bond donors (Lipinski definition) is 1. The van der Waals surface area contributed by atoms with Crippen molar-refractivity contribution in [3.63, 3.8) is 0 Å². The molecule has 4 fully saturated rings. The lowest BCUT2D eigenvalue weighted by atomic mass is 9.71. The van der Waals surface area contributed by atoms with Crippen molar-refractivity contribution in [2.75, 3.05) is 60.0 Å². The van der Waals surface area contributed by atoms with Gasteiger partial charge in [-0.25, -0.2) is 9.59 Å². The number of nitrogens with zero attached hydrogens (tertiary/aromatic N) is 5. The maximum atomic E-state index is 14.4. The summed E-state index contributed by atoms with van der Waals surface area (Å²) in [5.74, 6) is -2.84. The molecule has 15 nitrogen and oxygen atoms in total. The summed E-state index contributed by atoms with van der Waals surface area (Å²) in [7, 11) is 4.16. The molecule has 3 aliphatic heterocycles. The Kier molecular flexibility index (Phi) is 16.5. The molecule has 2 aromatic carbocycles. The number of amides is 1. The van der Waals surface area contributed by atoms with Crippen molar-refractivity contribution in [3.05, 3.63) is 82.2 Å². The number of azide groups is 1. The second kappa shape index (κ2) is 21.9. The maximum Gasteiger partial charge on any atom is 0.338 e. The molecule has 3 heterocycles. The van der Waals surface area contributed by atoms with Gasteiger partial charge < -0.3 is 38.8 Å². The first-order valence-electron chi connectivity index (χ1n) is 21.6. The average molecular weight is 831 g/mol. The Balaban J connectivity index is 1.28. The second-order valence-corrected chi connectivity index (χ2v) is 17.2. The van der Waals surface area contributed by atoms with Gasteiger partial charge in [0.15, 0.2) is 12.4 Å². The van der Waals surface area contributed by atoms with Gasteiger partial charge in [0.25, 0.3) is 0 Å². The van der Waals surface area contributed by atoms with E-state index in [-0.39, 0.29) is 68.1 Å². The summed E-state index contributed by atoms with van der Waals surface area (Å²) in [6.07, 6.45) is 0.0435. The van der Waals surface area contributed by atoms with Crippen LogP contribution >= 0.6 is 0 Å². The first-order chi connectivity index (χ1) is 29.0. The third-order valence-electron chi connectivity index (χ3n) is 13.1. The first kappa shape index (κ1) is 45.2. The molecule has 1 saturated carbocycles. The topological polar surface area (TPSA) is 182 Å². The number of piperidine rings is 2. The number of carbonyl (C=O) groups excluding carboxylic acids is 4. The molecule has 1 amide bonds. The summed E-state index contributed by atoms with van der Waals surface area (Å²) < 4.78 is 31.9. The van der Waals surface area contributed by atoms with Crippen molar-refractivity contribution in [2.45, 2.75) is 95.5 Å². The molecule has 15 heteroatoms. The highest BCUT2D eigenvalue weighted by Gasteiger charge is 2.50. The molecule has 9 atom stereocenters. The van der Waals surface area contributed by atoms with Gasteiger partial charge in [-0.3, -0.25) is 9.59 Å². The minimum absolute atomic E-state index is 0.0133. The monoisotopic (exact) mass is 830 g/mol. The molecule has 1 N–H and O–H groups in total. The SMILES string of the molecule is C[C@@H]1C(COC(=O)c2ccccc2)O[C@H](OC2C[C@H](C(=O)NC3CCN(C)CC3)C(C(=O)CC3CCN(C)CC3)C[C@@H]2OCCN=[N+]=[N-])C(OC(=O)c2ccccc2)[C@H]1C. The smallest absolute Gasteiger partial charge is 0.338 e. The van der Waals surface area contributed by atoms with E-state index < -0.39 is 54.5 Å². The standard InChI is InChI=1S/C45H62N6O9/c1-29-30(2)41(60-44(55)33-13-9-6-10-14-33)45(59-40(29)28-57-43(54)32-11-7-5-8-12-32)58-39-27-36(42(53)48-34-17-22-51(4)23-18-34)35(26-38(39)56-24-19-47-49-46)37(52)25-31-15-20-50(3)21-16-31/h5-14,29-31,34-36,38-41,45H,15-28H2,1-4H3,(H,48,53)/t29-,30-,35?,36-,38-,39?,40?,41?,45-/m0/s1. The zero-order valence-corrected chi connectivity index (χ0v) is 35.4. The van der Waals surface area contributed by atoms with Crippen molar-refractivity contribution in [2.24, 2.45) is 34.7 Å². The van der Waals surface area contributed by atoms with Gasteiger partial charge in [0.2, 0.25) is 5.91 Å². The number of ether oxygens (including phenoxy) is 5. The average Bonchev–Trinajstić information content (AvgIpc) is 3.26. The van der Waals surface area contributed by atoms with Crippen LogP contribution in [0.15, 0.2) is 65.8 Å². The lowest BCUT2D eigenvalue weighted by molar-refractivity contribution is -0.301. The number of benzene rings is 2. The molecule has 326 valence electrons. The van der Waals surface area contributed by atoms with E-state index in [2.05, 4.69) is 39.2 Å². The van der Waals surface area contributed by atoms with E-state index in [4.69, 9.17) is 29.2 Å². The fourth-order valence-corrected chi connectivity index (χ4v) is 9.03. The first-order valence-corrected chi connectivity index (χ1v) is 21.6. The number of esters is 2. The number of Topliss-reactive ketones (excluding diaryl/α,β-unsaturated/α-hetero) is 1. The van der Waals surface area contributed by atoms with Crippen LogP contribution in [-0.2, 0) is 33.3 Å². The lowest BCUT2D eigenvalue weighted by Gasteiger charge is -2.47. The van der Waals surface area contributed by atoms with Crippen molar-refractivity contribution >= 4 is 23.6 Å². The van der Waals surface area contributed by atoms with Gasteiger partial charge >= 0.3 is 11.9 Å². The van der Waals surface area contributed by atoms with Crippen molar-refractivity contribution in [1.29, 1.82) is 0 Å². The van der Waals surface area contributed by atoms with E-state index in [0.29, 0.717) is 17.5 Å². The van der Waals surface area contributed by atoms with E-state index in [1.165, 1.54) is 0 Å². The van der Waals surface area contributed by atoms with Crippen LogP contribution < -0.4 is 5.32 Å². The molecule has 4 aliphatic rings. The molecule has 60 heavy (non-hydrogen) atoms. The summed E-state index contributed by atoms with van der Waals surface area (Å²) >= 11 is 0. The highest BCUT2D eigenvalue weighted by atomic mass is 16.7. The zero-order chi connectivity index (χ0) is 42.6. The Labute approximate surface area is 353 Å². The Morgan fingerprint density at radius 2 is 1.42 bits per heavy atom. The molecule has 6 rings (SSSR count). The molecule has 4 unspecified atom stereocenters. The minimum Gasteiger partial charge on any atom is -0.459 e. The molecule has 3 saturated heterocycles. The third kappa shape index (κ3) is 12.1. The highest BCUT2D eigenvalue weighted by molar-refractivity contribution is 5.90. The van der Waals surface area contributed by atoms with Gasteiger partial charge in [0, 0.05) is 35.8 Å². The Morgan fingerprint density at radius 1 is 0.817 bits per heavy atom. The molecule has 2 aromatic rings. The Hall–Kier alpha value is -4.37. The third-order valence-corrected chi connectivity index (χ3v) is 13.1. The number of ketones is 1. The van der Waals surface area contributed by atoms with Gasteiger partial charge in [-0.05, 0) is 120 Å². The van der Waals surface area contributed by atoms with Crippen molar-refractivity contribution in [1.82, 2.24) is 15.1 Å². The van der Waals surface area contributed by atoms with Crippen LogP contribution in [0, 0.1) is 29.6 Å². The second-order valence-electron chi connectivity index (χ2n) is 17.2. The number of hydrogen-bond acceptors (Lipinski definition) is 12. The van der Waals surface area contributed by atoms with Gasteiger partial charge in [-0.15, -0.1) is 0 Å². The molecular weight excluding hydrogens is 769 g/mol. The Bertz CT molecular complexity index is 1760. The molecule has 0 spiro atoms. The van der Waals surface area contributed by atoms with E-state index in [9.17, 15) is 19.2 Å². The minimum atomic E-state index is -1.15. The molecule has 0 aromatic heterocycles. The van der Waals surface area contributed by atoms with E-state index >= 15 is 0 Å². The fourth-order valence-electron chi connectivity index (χ4n) is 9.03. The summed E-state index contributed by atoms with van der Waals surface area (Å²) in [6.45, 7) is 7.53. The number of rotatable bonds is 16. The van der Waals surface area contributed by atoms with Crippen LogP contribution in [-0.4, -0.2) is 130 Å². The predicted octanol–water partition coefficient (Wildman–Crippen LogP) is 5.68. The zero-order valence-electron chi connectivity index (χ0n) is 35.4. The molecule has 0 radical (unpaired) electrons. The van der Waals surface area contributed by atoms with Crippen LogP contribution in [0.2, 0.25) is 0 Å².